The standard InChI is InChI=1S/C23H23N3O4/c1-3-30-19(27)12-25-13(2)17(16-6-4-5-7-18(16)25)11-24-26-22(28)20-14-8-9-15(10-14)21(20)23(26)29/h4-9,11,14-15,20-21H,3,10,12H2,1-2H3/b24-11-/t14-,15-,20-,21+/m1/s1. The largest absolute Gasteiger partial charge is 0.465 e. The van der Waals surface area contributed by atoms with Crippen LogP contribution in [0.15, 0.2) is 41.5 Å². The van der Waals surface area contributed by atoms with Crippen LogP contribution in [0, 0.1) is 30.6 Å². The number of rotatable bonds is 5. The summed E-state index contributed by atoms with van der Waals surface area (Å²) in [5, 5.41) is 6.29. The summed E-state index contributed by atoms with van der Waals surface area (Å²) in [6, 6.07) is 7.69. The number of allylic oxidation sites excluding steroid dienone is 2. The van der Waals surface area contributed by atoms with Gasteiger partial charge in [0.25, 0.3) is 11.8 Å². The molecule has 1 saturated heterocycles. The molecule has 1 saturated carbocycles. The van der Waals surface area contributed by atoms with E-state index in [1.165, 1.54) is 0 Å². The summed E-state index contributed by atoms with van der Waals surface area (Å²) < 4.78 is 6.98. The third kappa shape index (κ3) is 2.65. The number of benzene rings is 1. The summed E-state index contributed by atoms with van der Waals surface area (Å²) in [5.41, 5.74) is 2.49. The van der Waals surface area contributed by atoms with Crippen LogP contribution in [0.1, 0.15) is 24.6 Å². The maximum absolute atomic E-state index is 12.9. The van der Waals surface area contributed by atoms with E-state index in [0.29, 0.717) is 6.61 Å². The summed E-state index contributed by atoms with van der Waals surface area (Å²) in [6.45, 7) is 4.09. The summed E-state index contributed by atoms with van der Waals surface area (Å²) >= 11 is 0. The molecular formula is C23H23N3O4. The first-order valence-electron chi connectivity index (χ1n) is 10.3. The SMILES string of the molecule is CCOC(=O)Cn1c(C)c(/C=N\N2C(=O)[C@@H]3[C@H](C2=O)[C@@H]2C=C[C@@H]3C2)c2ccccc21. The van der Waals surface area contributed by atoms with Gasteiger partial charge in [0.2, 0.25) is 0 Å². The highest BCUT2D eigenvalue weighted by Gasteiger charge is 2.59. The third-order valence-electron chi connectivity index (χ3n) is 6.62. The van der Waals surface area contributed by atoms with Crippen LogP contribution in [0.4, 0.5) is 0 Å². The highest BCUT2D eigenvalue weighted by atomic mass is 16.5. The molecule has 1 aromatic heterocycles. The molecule has 0 radical (unpaired) electrons. The summed E-state index contributed by atoms with van der Waals surface area (Å²) in [7, 11) is 0. The van der Waals surface area contributed by atoms with Crippen LogP contribution in [0.5, 0.6) is 0 Å². The number of carbonyl (C=O) groups is 3. The number of ether oxygens (including phenoxy) is 1. The van der Waals surface area contributed by atoms with Crippen molar-refractivity contribution < 1.29 is 19.1 Å². The number of esters is 1. The Morgan fingerprint density at radius 2 is 1.83 bits per heavy atom. The second kappa shape index (κ2) is 6.93. The molecule has 2 bridgehead atoms. The number of amides is 2. The molecule has 2 amide bonds. The molecule has 0 spiro atoms. The first kappa shape index (κ1) is 18.8. The highest BCUT2D eigenvalue weighted by Crippen LogP contribution is 2.52. The van der Waals surface area contributed by atoms with Crippen molar-refractivity contribution in [2.45, 2.75) is 26.8 Å². The van der Waals surface area contributed by atoms with Crippen molar-refractivity contribution in [3.8, 4) is 0 Å². The van der Waals surface area contributed by atoms with Crippen molar-refractivity contribution in [3.63, 3.8) is 0 Å². The normalized spacial score (nSPS) is 27.1. The fourth-order valence-electron chi connectivity index (χ4n) is 5.28. The summed E-state index contributed by atoms with van der Waals surface area (Å²) in [4.78, 5) is 37.8. The molecule has 2 aromatic rings. The van der Waals surface area contributed by atoms with Gasteiger partial charge in [0.05, 0.1) is 24.7 Å². The maximum atomic E-state index is 12.9. The van der Waals surface area contributed by atoms with E-state index in [0.717, 1.165) is 33.6 Å². The summed E-state index contributed by atoms with van der Waals surface area (Å²) in [6.07, 6.45) is 6.60. The van der Waals surface area contributed by atoms with Gasteiger partial charge in [0.15, 0.2) is 0 Å². The lowest BCUT2D eigenvalue weighted by Crippen LogP contribution is -2.28. The number of fused-ring (bicyclic) bond motifs is 6. The van der Waals surface area contributed by atoms with Crippen LogP contribution in [0.3, 0.4) is 0 Å². The van der Waals surface area contributed by atoms with E-state index in [1.54, 1.807) is 13.1 Å². The van der Waals surface area contributed by atoms with Crippen LogP contribution in [0.2, 0.25) is 0 Å². The lowest BCUT2D eigenvalue weighted by atomic mass is 9.85. The number of aromatic nitrogens is 1. The molecule has 154 valence electrons. The number of carbonyl (C=O) groups excluding carboxylic acids is 3. The molecule has 1 aromatic carbocycles. The molecule has 0 N–H and O–H groups in total. The minimum absolute atomic E-state index is 0.0920. The van der Waals surface area contributed by atoms with Crippen molar-refractivity contribution >= 4 is 34.9 Å². The monoisotopic (exact) mass is 405 g/mol. The molecule has 3 aliphatic rings. The molecule has 30 heavy (non-hydrogen) atoms. The Balaban J connectivity index is 1.48. The smallest absolute Gasteiger partial charge is 0.325 e. The average molecular weight is 405 g/mol. The molecule has 2 fully saturated rings. The Morgan fingerprint density at radius 3 is 2.50 bits per heavy atom. The Hall–Kier alpha value is -3.22. The van der Waals surface area contributed by atoms with Gasteiger partial charge >= 0.3 is 5.97 Å². The van der Waals surface area contributed by atoms with Gasteiger partial charge in [-0.1, -0.05) is 30.4 Å². The Kier molecular flexibility index (Phi) is 4.34. The highest BCUT2D eigenvalue weighted by molar-refractivity contribution is 6.08. The number of nitrogens with zero attached hydrogens (tertiary/aromatic N) is 3. The molecule has 2 aliphatic carbocycles. The van der Waals surface area contributed by atoms with Gasteiger partial charge in [-0.2, -0.15) is 10.1 Å². The lowest BCUT2D eigenvalue weighted by molar-refractivity contribution is -0.144. The van der Waals surface area contributed by atoms with Crippen molar-refractivity contribution in [3.05, 3.63) is 47.7 Å². The molecule has 2 heterocycles. The quantitative estimate of drug-likeness (QED) is 0.331. The Bertz CT molecular complexity index is 1100. The van der Waals surface area contributed by atoms with Crippen LogP contribution in [0.25, 0.3) is 10.9 Å². The van der Waals surface area contributed by atoms with Gasteiger partial charge in [-0.15, -0.1) is 0 Å². The number of hydrazone groups is 1. The van der Waals surface area contributed by atoms with Crippen molar-refractivity contribution in [1.82, 2.24) is 9.58 Å². The van der Waals surface area contributed by atoms with Crippen molar-refractivity contribution in [1.29, 1.82) is 0 Å². The number of imide groups is 1. The third-order valence-corrected chi connectivity index (χ3v) is 6.62. The van der Waals surface area contributed by atoms with Crippen LogP contribution < -0.4 is 0 Å². The molecule has 1 aliphatic heterocycles. The second-order valence-corrected chi connectivity index (χ2v) is 8.14. The Labute approximate surface area is 174 Å². The summed E-state index contributed by atoms with van der Waals surface area (Å²) in [5.74, 6) is -0.941. The molecule has 0 unspecified atom stereocenters. The van der Waals surface area contributed by atoms with Crippen LogP contribution in [-0.2, 0) is 25.7 Å². The van der Waals surface area contributed by atoms with E-state index in [9.17, 15) is 14.4 Å². The van der Waals surface area contributed by atoms with Gasteiger partial charge < -0.3 is 9.30 Å². The van der Waals surface area contributed by atoms with Crippen molar-refractivity contribution in [2.75, 3.05) is 6.61 Å². The van der Waals surface area contributed by atoms with E-state index in [1.807, 2.05) is 35.8 Å². The van der Waals surface area contributed by atoms with E-state index >= 15 is 0 Å². The van der Waals surface area contributed by atoms with Crippen LogP contribution >= 0.6 is 0 Å². The Morgan fingerprint density at radius 1 is 1.17 bits per heavy atom. The molecule has 7 nitrogen and oxygen atoms in total. The van der Waals surface area contributed by atoms with Gasteiger partial charge in [0, 0.05) is 22.2 Å². The fraction of sp³-hybridized carbons (Fsp3) is 0.391. The zero-order valence-corrected chi connectivity index (χ0v) is 16.9. The number of hydrogen-bond donors (Lipinski definition) is 0. The lowest BCUT2D eigenvalue weighted by Gasteiger charge is -2.13. The van der Waals surface area contributed by atoms with Gasteiger partial charge in [-0.25, -0.2) is 0 Å². The molecule has 5 rings (SSSR count). The molecule has 4 atom stereocenters. The van der Waals surface area contributed by atoms with Crippen LogP contribution in [-0.4, -0.2) is 40.2 Å². The van der Waals surface area contributed by atoms with Gasteiger partial charge in [-0.05, 0) is 38.2 Å². The topological polar surface area (TPSA) is 81.0 Å². The first-order valence-corrected chi connectivity index (χ1v) is 10.3. The van der Waals surface area contributed by atoms with E-state index in [2.05, 4.69) is 17.3 Å². The number of para-hydroxylation sites is 1. The van der Waals surface area contributed by atoms with Gasteiger partial charge in [0.1, 0.15) is 6.54 Å². The first-order chi connectivity index (χ1) is 14.5. The predicted octanol–water partition coefficient (Wildman–Crippen LogP) is 2.65. The minimum atomic E-state index is -0.314. The van der Waals surface area contributed by atoms with E-state index in [4.69, 9.17) is 4.74 Å². The zero-order chi connectivity index (χ0) is 21.0. The maximum Gasteiger partial charge on any atom is 0.325 e. The number of hydrogen-bond acceptors (Lipinski definition) is 5. The van der Waals surface area contributed by atoms with Crippen molar-refractivity contribution in [2.24, 2.45) is 28.8 Å². The van der Waals surface area contributed by atoms with E-state index < -0.39 is 0 Å². The van der Waals surface area contributed by atoms with E-state index in [-0.39, 0.29) is 48.0 Å². The minimum Gasteiger partial charge on any atom is -0.465 e. The average Bonchev–Trinajstić information content (AvgIpc) is 3.46. The predicted molar refractivity (Wildman–Crippen MR) is 110 cm³/mol. The molecule has 7 heteroatoms. The second-order valence-electron chi connectivity index (χ2n) is 8.14. The van der Waals surface area contributed by atoms with Gasteiger partial charge in [-0.3, -0.25) is 14.4 Å². The molecular weight excluding hydrogens is 382 g/mol. The fourth-order valence-corrected chi connectivity index (χ4v) is 5.28. The zero-order valence-electron chi connectivity index (χ0n) is 16.9.